The minimum absolute atomic E-state index is 0.0379. The van der Waals surface area contributed by atoms with E-state index in [-0.39, 0.29) is 11.3 Å². The molecule has 0 atom stereocenters. The lowest BCUT2D eigenvalue weighted by atomic mass is 10.1. The van der Waals surface area contributed by atoms with Gasteiger partial charge in [-0.3, -0.25) is 4.79 Å². The molecule has 2 aromatic rings. The number of phenolic OH excluding ortho intramolecular Hbond substituents is 1. The van der Waals surface area contributed by atoms with E-state index in [1.165, 1.54) is 12.1 Å². The Bertz CT molecular complexity index is 801. The molecule has 0 saturated carbocycles. The van der Waals surface area contributed by atoms with E-state index in [2.05, 4.69) is 5.32 Å². The zero-order valence-corrected chi connectivity index (χ0v) is 15.2. The summed E-state index contributed by atoms with van der Waals surface area (Å²) in [6.45, 7) is 5.94. The molecule has 0 bridgehead atoms. The minimum Gasteiger partial charge on any atom is -0.507 e. The number of nitrogens with one attached hydrogen (secondary N) is 1. The molecule has 0 radical (unpaired) electrons. The molecule has 0 aliphatic heterocycles. The molecular formula is C20H23NO5. The third kappa shape index (κ3) is 5.51. The summed E-state index contributed by atoms with van der Waals surface area (Å²) in [4.78, 5) is 23.7. The second kappa shape index (κ2) is 8.89. The lowest BCUT2D eigenvalue weighted by Gasteiger charge is -2.11. The molecule has 0 spiro atoms. The van der Waals surface area contributed by atoms with Crippen LogP contribution in [0.15, 0.2) is 36.4 Å². The molecule has 0 aliphatic carbocycles. The molecule has 0 fully saturated rings. The number of carbonyl (C=O) groups is 2. The maximum atomic E-state index is 11.9. The molecule has 0 unspecified atom stereocenters. The zero-order chi connectivity index (χ0) is 19.1. The number of phenols is 1. The second-order valence-electron chi connectivity index (χ2n) is 6.06. The zero-order valence-electron chi connectivity index (χ0n) is 15.2. The van der Waals surface area contributed by atoms with Gasteiger partial charge in [0.05, 0.1) is 6.54 Å². The van der Waals surface area contributed by atoms with Gasteiger partial charge in [0.25, 0.3) is 5.91 Å². The Morgan fingerprint density at radius 3 is 2.46 bits per heavy atom. The number of hydrogen-bond acceptors (Lipinski definition) is 5. The van der Waals surface area contributed by atoms with Crippen molar-refractivity contribution in [2.75, 3.05) is 19.8 Å². The predicted molar refractivity (Wildman–Crippen MR) is 97.5 cm³/mol. The van der Waals surface area contributed by atoms with Crippen molar-refractivity contribution in [2.24, 2.45) is 0 Å². The van der Waals surface area contributed by atoms with Crippen LogP contribution >= 0.6 is 0 Å². The third-order valence-electron chi connectivity index (χ3n) is 3.72. The van der Waals surface area contributed by atoms with Gasteiger partial charge in [-0.25, -0.2) is 4.79 Å². The van der Waals surface area contributed by atoms with Crippen molar-refractivity contribution >= 4 is 11.9 Å². The van der Waals surface area contributed by atoms with Crippen LogP contribution in [0.4, 0.5) is 0 Å². The predicted octanol–water partition coefficient (Wildman–Crippen LogP) is 2.67. The highest BCUT2D eigenvalue weighted by atomic mass is 16.5. The molecule has 6 nitrogen and oxygen atoms in total. The largest absolute Gasteiger partial charge is 0.507 e. The molecule has 2 aromatic carbocycles. The number of hydrogen-bond donors (Lipinski definition) is 2. The molecule has 2 rings (SSSR count). The van der Waals surface area contributed by atoms with E-state index >= 15 is 0 Å². The number of esters is 1. The maximum Gasteiger partial charge on any atom is 0.342 e. The van der Waals surface area contributed by atoms with Crippen LogP contribution in [0, 0.1) is 20.8 Å². The highest BCUT2D eigenvalue weighted by Crippen LogP contribution is 2.19. The number of aryl methyl sites for hydroxylation is 3. The lowest BCUT2D eigenvalue weighted by Crippen LogP contribution is -2.32. The molecule has 1 amide bonds. The number of amides is 1. The quantitative estimate of drug-likeness (QED) is 0.588. The summed E-state index contributed by atoms with van der Waals surface area (Å²) >= 11 is 0. The van der Waals surface area contributed by atoms with Crippen LogP contribution in [0.25, 0.3) is 0 Å². The van der Waals surface area contributed by atoms with Crippen LogP contribution in [0.3, 0.4) is 0 Å². The van der Waals surface area contributed by atoms with Gasteiger partial charge in [0.15, 0.2) is 6.61 Å². The molecule has 6 heteroatoms. The van der Waals surface area contributed by atoms with E-state index in [0.29, 0.717) is 13.2 Å². The summed E-state index contributed by atoms with van der Waals surface area (Å²) in [5.41, 5.74) is 3.03. The van der Waals surface area contributed by atoms with E-state index in [1.807, 2.05) is 32.0 Å². The number of aromatic hydroxyl groups is 1. The van der Waals surface area contributed by atoms with Gasteiger partial charge < -0.3 is 19.9 Å². The summed E-state index contributed by atoms with van der Waals surface area (Å²) in [5.74, 6) is -0.586. The Balaban J connectivity index is 1.72. The van der Waals surface area contributed by atoms with Gasteiger partial charge >= 0.3 is 5.97 Å². The number of rotatable bonds is 7. The van der Waals surface area contributed by atoms with Crippen molar-refractivity contribution in [3.05, 3.63) is 58.7 Å². The van der Waals surface area contributed by atoms with E-state index in [1.54, 1.807) is 13.0 Å². The van der Waals surface area contributed by atoms with Crippen molar-refractivity contribution in [1.82, 2.24) is 5.32 Å². The first-order valence-electron chi connectivity index (χ1n) is 8.30. The van der Waals surface area contributed by atoms with Crippen molar-refractivity contribution in [2.45, 2.75) is 20.8 Å². The number of benzene rings is 2. The highest BCUT2D eigenvalue weighted by Gasteiger charge is 2.14. The van der Waals surface area contributed by atoms with Gasteiger partial charge in [0, 0.05) is 0 Å². The Hall–Kier alpha value is -3.02. The fraction of sp³-hybridized carbons (Fsp3) is 0.300. The summed E-state index contributed by atoms with van der Waals surface area (Å²) in [6.07, 6.45) is 0. The monoisotopic (exact) mass is 357 g/mol. The van der Waals surface area contributed by atoms with Gasteiger partial charge in [-0.2, -0.15) is 0 Å². The number of carbonyl (C=O) groups excluding carboxylic acids is 2. The normalized spacial score (nSPS) is 10.3. The average Bonchev–Trinajstić information content (AvgIpc) is 2.60. The van der Waals surface area contributed by atoms with Crippen molar-refractivity contribution in [3.8, 4) is 11.5 Å². The Kier molecular flexibility index (Phi) is 6.60. The van der Waals surface area contributed by atoms with Gasteiger partial charge in [-0.1, -0.05) is 29.3 Å². The molecule has 0 saturated heterocycles. The molecule has 0 aliphatic rings. The first kappa shape index (κ1) is 19.3. The van der Waals surface area contributed by atoms with Crippen LogP contribution in [0.1, 0.15) is 27.0 Å². The van der Waals surface area contributed by atoms with E-state index in [0.717, 1.165) is 22.4 Å². The first-order chi connectivity index (χ1) is 12.4. The van der Waals surface area contributed by atoms with Gasteiger partial charge in [0.1, 0.15) is 23.7 Å². The SMILES string of the molecule is Cc1ccc(OCCNC(=O)COC(=O)c2cc(C)ccc2O)c(C)c1. The lowest BCUT2D eigenvalue weighted by molar-refractivity contribution is -0.124. The maximum absolute atomic E-state index is 11.9. The standard InChI is InChI=1S/C20H23NO5/c1-13-5-7-18(15(3)10-13)25-9-8-21-19(23)12-26-20(24)16-11-14(2)4-6-17(16)22/h4-7,10-11,22H,8-9,12H2,1-3H3,(H,21,23). The molecular weight excluding hydrogens is 334 g/mol. The van der Waals surface area contributed by atoms with Crippen LogP contribution in [0.5, 0.6) is 11.5 Å². The fourth-order valence-electron chi connectivity index (χ4n) is 2.39. The number of ether oxygens (including phenoxy) is 2. The minimum atomic E-state index is -0.743. The van der Waals surface area contributed by atoms with E-state index < -0.39 is 18.5 Å². The smallest absolute Gasteiger partial charge is 0.342 e. The molecule has 138 valence electrons. The summed E-state index contributed by atoms with van der Waals surface area (Å²) < 4.78 is 10.5. The topological polar surface area (TPSA) is 84.9 Å². The summed E-state index contributed by atoms with van der Waals surface area (Å²) in [5, 5.41) is 12.3. The van der Waals surface area contributed by atoms with Crippen molar-refractivity contribution in [1.29, 1.82) is 0 Å². The van der Waals surface area contributed by atoms with Gasteiger partial charge in [-0.15, -0.1) is 0 Å². The van der Waals surface area contributed by atoms with Crippen LogP contribution in [0.2, 0.25) is 0 Å². The van der Waals surface area contributed by atoms with Crippen molar-refractivity contribution in [3.63, 3.8) is 0 Å². The van der Waals surface area contributed by atoms with E-state index in [4.69, 9.17) is 9.47 Å². The third-order valence-corrected chi connectivity index (χ3v) is 3.72. The Morgan fingerprint density at radius 2 is 1.73 bits per heavy atom. The van der Waals surface area contributed by atoms with E-state index in [9.17, 15) is 14.7 Å². The highest BCUT2D eigenvalue weighted by molar-refractivity contribution is 5.94. The summed E-state index contributed by atoms with van der Waals surface area (Å²) in [6, 6.07) is 10.5. The Morgan fingerprint density at radius 1 is 1.04 bits per heavy atom. The average molecular weight is 357 g/mol. The molecule has 2 N–H and O–H groups in total. The molecule has 26 heavy (non-hydrogen) atoms. The fourth-order valence-corrected chi connectivity index (χ4v) is 2.39. The Labute approximate surface area is 152 Å². The van der Waals surface area contributed by atoms with Crippen LogP contribution in [-0.4, -0.2) is 36.7 Å². The first-order valence-corrected chi connectivity index (χ1v) is 8.30. The van der Waals surface area contributed by atoms with Gasteiger partial charge in [-0.05, 0) is 44.5 Å². The van der Waals surface area contributed by atoms with Gasteiger partial charge in [0.2, 0.25) is 0 Å². The molecule has 0 heterocycles. The van der Waals surface area contributed by atoms with Crippen LogP contribution in [-0.2, 0) is 9.53 Å². The second-order valence-corrected chi connectivity index (χ2v) is 6.06. The summed E-state index contributed by atoms with van der Waals surface area (Å²) in [7, 11) is 0. The van der Waals surface area contributed by atoms with Crippen molar-refractivity contribution < 1.29 is 24.2 Å². The molecule has 0 aromatic heterocycles. The van der Waals surface area contributed by atoms with Crippen LogP contribution < -0.4 is 10.1 Å².